The summed E-state index contributed by atoms with van der Waals surface area (Å²) in [5, 5.41) is 12.3. The van der Waals surface area contributed by atoms with E-state index in [1.165, 1.54) is 25.9 Å². The number of H-pyrrole nitrogens is 2. The van der Waals surface area contributed by atoms with E-state index in [1.807, 2.05) is 25.4 Å². The molecule has 1 saturated heterocycles. The molecule has 0 bridgehead atoms. The second kappa shape index (κ2) is 13.0. The van der Waals surface area contributed by atoms with Gasteiger partial charge in [0.1, 0.15) is 11.5 Å². The van der Waals surface area contributed by atoms with Gasteiger partial charge < -0.3 is 15.2 Å². The van der Waals surface area contributed by atoms with Crippen LogP contribution < -0.4 is 5.32 Å². The Balaban J connectivity index is 1.30. The molecule has 0 saturated carbocycles. The Morgan fingerprint density at radius 1 is 1.07 bits per heavy atom. The average Bonchev–Trinajstić information content (AvgIpc) is 3.75. The summed E-state index contributed by atoms with van der Waals surface area (Å²) in [6.45, 7) is 13.7. The standard InChI is InChI=1S/C37H41FN6/c1-5-9-32(28-16-26(17-30(38)18-28)10-8-15-44-13-6-7-14-44)33-21-36(41-25(33)4)37-34-20-27(11-12-35(34)42-43-37)29-19-31(23-39-22-29)40-24(2)3/h5,9,11-12,16-24,40-41H,1,6-8,10,13-15H2,2-4H3,(H,42,43)/b32-9-. The summed E-state index contributed by atoms with van der Waals surface area (Å²) in [5.74, 6) is -0.213. The van der Waals surface area contributed by atoms with Gasteiger partial charge in [0.2, 0.25) is 0 Å². The number of rotatable bonds is 11. The first-order chi connectivity index (χ1) is 21.4. The Labute approximate surface area is 259 Å². The number of nitrogens with zero attached hydrogens (tertiary/aromatic N) is 3. The van der Waals surface area contributed by atoms with Gasteiger partial charge in [0.15, 0.2) is 0 Å². The number of hydrogen-bond acceptors (Lipinski definition) is 4. The quantitative estimate of drug-likeness (QED) is 0.135. The molecule has 5 aromatic rings. The Morgan fingerprint density at radius 2 is 1.91 bits per heavy atom. The van der Waals surface area contributed by atoms with Crippen molar-refractivity contribution in [2.45, 2.75) is 52.5 Å². The third-order valence-corrected chi connectivity index (χ3v) is 8.34. The van der Waals surface area contributed by atoms with Gasteiger partial charge in [0.05, 0.1) is 16.9 Å². The van der Waals surface area contributed by atoms with Crippen LogP contribution in [0.1, 0.15) is 55.5 Å². The second-order valence-electron chi connectivity index (χ2n) is 12.1. The van der Waals surface area contributed by atoms with Gasteiger partial charge in [-0.25, -0.2) is 4.39 Å². The van der Waals surface area contributed by atoms with Gasteiger partial charge in [0, 0.05) is 40.6 Å². The van der Waals surface area contributed by atoms with Crippen LogP contribution >= 0.6 is 0 Å². The predicted molar refractivity (Wildman–Crippen MR) is 180 cm³/mol. The molecule has 6 rings (SSSR count). The molecule has 0 aliphatic carbocycles. The maximum absolute atomic E-state index is 14.9. The highest BCUT2D eigenvalue weighted by Gasteiger charge is 2.18. The molecule has 7 heteroatoms. The van der Waals surface area contributed by atoms with Crippen LogP contribution in [0.3, 0.4) is 0 Å². The number of aryl methyl sites for hydroxylation is 2. The number of hydrogen-bond donors (Lipinski definition) is 3. The number of aromatic amines is 2. The fraction of sp³-hybridized carbons (Fsp3) is 0.297. The van der Waals surface area contributed by atoms with Crippen molar-refractivity contribution in [3.05, 3.63) is 108 Å². The van der Waals surface area contributed by atoms with Crippen molar-refractivity contribution in [1.29, 1.82) is 0 Å². The van der Waals surface area contributed by atoms with Gasteiger partial charge in [-0.2, -0.15) is 5.10 Å². The number of anilines is 1. The number of pyridine rings is 1. The zero-order valence-corrected chi connectivity index (χ0v) is 25.9. The fourth-order valence-corrected chi connectivity index (χ4v) is 6.30. The first-order valence-corrected chi connectivity index (χ1v) is 15.6. The molecule has 0 radical (unpaired) electrons. The van der Waals surface area contributed by atoms with Crippen molar-refractivity contribution >= 4 is 22.2 Å². The molecule has 1 aliphatic rings. The number of likely N-dealkylation sites (tertiary alicyclic amines) is 1. The lowest BCUT2D eigenvalue weighted by Gasteiger charge is -2.15. The molecule has 0 amide bonds. The lowest BCUT2D eigenvalue weighted by Crippen LogP contribution is -2.20. The highest BCUT2D eigenvalue weighted by atomic mass is 19.1. The summed E-state index contributed by atoms with van der Waals surface area (Å²) in [7, 11) is 0. The summed E-state index contributed by atoms with van der Waals surface area (Å²) >= 11 is 0. The molecule has 44 heavy (non-hydrogen) atoms. The highest BCUT2D eigenvalue weighted by Crippen LogP contribution is 2.35. The van der Waals surface area contributed by atoms with Crippen molar-refractivity contribution in [2.24, 2.45) is 0 Å². The Kier molecular flexibility index (Phi) is 8.75. The third kappa shape index (κ3) is 6.53. The van der Waals surface area contributed by atoms with Gasteiger partial charge in [-0.1, -0.05) is 30.9 Å². The van der Waals surface area contributed by atoms with E-state index in [0.717, 1.165) is 86.4 Å². The molecule has 0 atom stereocenters. The van der Waals surface area contributed by atoms with Crippen molar-refractivity contribution in [3.8, 4) is 22.5 Å². The maximum Gasteiger partial charge on any atom is 0.124 e. The molecule has 2 aromatic carbocycles. The molecular formula is C37H41FN6. The van der Waals surface area contributed by atoms with Crippen LogP contribution in [0.25, 0.3) is 39.0 Å². The van der Waals surface area contributed by atoms with Gasteiger partial charge in [-0.3, -0.25) is 10.1 Å². The van der Waals surface area contributed by atoms with E-state index in [1.54, 1.807) is 18.2 Å². The maximum atomic E-state index is 14.9. The van der Waals surface area contributed by atoms with E-state index in [9.17, 15) is 4.39 Å². The molecule has 0 spiro atoms. The number of allylic oxidation sites excluding steroid dienone is 2. The Hall–Kier alpha value is -4.49. The van der Waals surface area contributed by atoms with E-state index < -0.39 is 0 Å². The van der Waals surface area contributed by atoms with E-state index >= 15 is 0 Å². The van der Waals surface area contributed by atoms with Crippen LogP contribution in [0.2, 0.25) is 0 Å². The van der Waals surface area contributed by atoms with Crippen LogP contribution in [0.5, 0.6) is 0 Å². The molecule has 3 aromatic heterocycles. The largest absolute Gasteiger partial charge is 0.382 e. The Morgan fingerprint density at radius 3 is 2.70 bits per heavy atom. The van der Waals surface area contributed by atoms with E-state index in [-0.39, 0.29) is 5.82 Å². The van der Waals surface area contributed by atoms with Gasteiger partial charge in [-0.15, -0.1) is 0 Å². The normalized spacial score (nSPS) is 14.2. The SMILES string of the molecule is C=C/C=C(/c1cc(F)cc(CCCN2CCCC2)c1)c1cc(-c2n[nH]c3ccc(-c4cncc(NC(C)C)c4)cc23)[nH]c1C. The van der Waals surface area contributed by atoms with Gasteiger partial charge >= 0.3 is 0 Å². The zero-order chi connectivity index (χ0) is 30.6. The molecule has 6 nitrogen and oxygen atoms in total. The number of aromatic nitrogens is 4. The van der Waals surface area contributed by atoms with Crippen molar-refractivity contribution in [2.75, 3.05) is 25.0 Å². The summed E-state index contributed by atoms with van der Waals surface area (Å²) in [6.07, 6.45) is 11.9. The van der Waals surface area contributed by atoms with Gasteiger partial charge in [0.25, 0.3) is 0 Å². The van der Waals surface area contributed by atoms with Gasteiger partial charge in [-0.05, 0) is 125 Å². The predicted octanol–water partition coefficient (Wildman–Crippen LogP) is 8.53. The molecule has 1 aliphatic heterocycles. The minimum Gasteiger partial charge on any atom is -0.382 e. The van der Waals surface area contributed by atoms with Crippen molar-refractivity contribution in [3.63, 3.8) is 0 Å². The molecule has 226 valence electrons. The number of fused-ring (bicyclic) bond motifs is 1. The van der Waals surface area contributed by atoms with Crippen molar-refractivity contribution in [1.82, 2.24) is 25.1 Å². The van der Waals surface area contributed by atoms with Crippen LogP contribution in [-0.4, -0.2) is 50.7 Å². The van der Waals surface area contributed by atoms with Crippen LogP contribution in [0, 0.1) is 12.7 Å². The number of halogens is 1. The summed E-state index contributed by atoms with van der Waals surface area (Å²) < 4.78 is 14.9. The zero-order valence-electron chi connectivity index (χ0n) is 25.9. The van der Waals surface area contributed by atoms with Crippen LogP contribution in [0.4, 0.5) is 10.1 Å². The van der Waals surface area contributed by atoms with Crippen LogP contribution in [-0.2, 0) is 6.42 Å². The minimum atomic E-state index is -0.213. The smallest absolute Gasteiger partial charge is 0.124 e. The molecule has 3 N–H and O–H groups in total. The number of benzene rings is 2. The lowest BCUT2D eigenvalue weighted by atomic mass is 9.94. The first-order valence-electron chi connectivity index (χ1n) is 15.6. The average molecular weight is 589 g/mol. The summed E-state index contributed by atoms with van der Waals surface area (Å²) in [6, 6.07) is 16.3. The summed E-state index contributed by atoms with van der Waals surface area (Å²) in [5.41, 5.74) is 10.6. The topological polar surface area (TPSA) is 72.6 Å². The minimum absolute atomic E-state index is 0.213. The molecule has 0 unspecified atom stereocenters. The molecular weight excluding hydrogens is 547 g/mol. The monoisotopic (exact) mass is 588 g/mol. The number of nitrogens with one attached hydrogen (secondary N) is 3. The van der Waals surface area contributed by atoms with E-state index in [2.05, 4.69) is 82.1 Å². The Bertz CT molecular complexity index is 1800. The fourth-order valence-electron chi connectivity index (χ4n) is 6.30. The van der Waals surface area contributed by atoms with E-state index in [0.29, 0.717) is 6.04 Å². The summed E-state index contributed by atoms with van der Waals surface area (Å²) in [4.78, 5) is 10.5. The van der Waals surface area contributed by atoms with Crippen molar-refractivity contribution < 1.29 is 4.39 Å². The highest BCUT2D eigenvalue weighted by molar-refractivity contribution is 5.96. The lowest BCUT2D eigenvalue weighted by molar-refractivity contribution is 0.334. The van der Waals surface area contributed by atoms with E-state index in [4.69, 9.17) is 5.10 Å². The van der Waals surface area contributed by atoms with Crippen LogP contribution in [0.15, 0.2) is 79.7 Å². The second-order valence-corrected chi connectivity index (χ2v) is 12.1. The molecule has 1 fully saturated rings. The molecule has 4 heterocycles. The third-order valence-electron chi connectivity index (χ3n) is 8.34. The first kappa shape index (κ1) is 29.6.